The van der Waals surface area contributed by atoms with Crippen molar-refractivity contribution in [3.63, 3.8) is 0 Å². The van der Waals surface area contributed by atoms with Gasteiger partial charge < -0.3 is 20.7 Å². The molecule has 0 radical (unpaired) electrons. The molecular formula is C22H19N3O3. The van der Waals surface area contributed by atoms with Crippen LogP contribution in [0.3, 0.4) is 0 Å². The molecule has 1 heterocycles. The maximum absolute atomic E-state index is 12.5. The smallest absolute Gasteiger partial charge is 0.262 e. The first-order valence-corrected chi connectivity index (χ1v) is 8.93. The summed E-state index contributed by atoms with van der Waals surface area (Å²) in [5.74, 6) is 0.0777. The van der Waals surface area contributed by atoms with Crippen molar-refractivity contribution in [2.24, 2.45) is 0 Å². The topological polar surface area (TPSA) is 79.5 Å². The molecule has 140 valence electrons. The summed E-state index contributed by atoms with van der Waals surface area (Å²) in [7, 11) is 0. The molecule has 0 fully saturated rings. The van der Waals surface area contributed by atoms with Crippen LogP contribution in [0.2, 0.25) is 0 Å². The molecule has 0 unspecified atom stereocenters. The van der Waals surface area contributed by atoms with Gasteiger partial charge in [0.15, 0.2) is 6.61 Å². The molecule has 1 aliphatic rings. The van der Waals surface area contributed by atoms with Crippen LogP contribution in [0.5, 0.6) is 5.75 Å². The predicted octanol–water partition coefficient (Wildman–Crippen LogP) is 3.88. The minimum atomic E-state index is -0.252. The first-order valence-electron chi connectivity index (χ1n) is 8.93. The first-order chi connectivity index (χ1) is 13.7. The lowest BCUT2D eigenvalue weighted by atomic mass is 10.1. The van der Waals surface area contributed by atoms with E-state index >= 15 is 0 Å². The fourth-order valence-electron chi connectivity index (χ4n) is 2.89. The van der Waals surface area contributed by atoms with Crippen LogP contribution in [-0.2, 0) is 11.3 Å². The Morgan fingerprint density at radius 3 is 2.54 bits per heavy atom. The van der Waals surface area contributed by atoms with Crippen molar-refractivity contribution < 1.29 is 14.3 Å². The Balaban J connectivity index is 1.38. The minimum Gasteiger partial charge on any atom is -0.482 e. The number of benzene rings is 3. The van der Waals surface area contributed by atoms with Crippen molar-refractivity contribution in [2.75, 3.05) is 22.6 Å². The highest BCUT2D eigenvalue weighted by Gasteiger charge is 2.17. The molecular weight excluding hydrogens is 354 g/mol. The number of carbonyl (C=O) groups excluding carboxylic acids is 2. The number of amides is 2. The van der Waals surface area contributed by atoms with Crippen LogP contribution in [0.15, 0.2) is 72.8 Å². The molecule has 1 aliphatic heterocycles. The Kier molecular flexibility index (Phi) is 4.93. The molecule has 3 N–H and O–H groups in total. The normalized spacial score (nSPS) is 12.4. The van der Waals surface area contributed by atoms with Crippen molar-refractivity contribution in [1.82, 2.24) is 0 Å². The Labute approximate surface area is 162 Å². The third-order valence-corrected chi connectivity index (χ3v) is 4.36. The van der Waals surface area contributed by atoms with Crippen LogP contribution < -0.4 is 20.7 Å². The molecule has 3 aromatic rings. The number of anilines is 3. The third kappa shape index (κ3) is 4.12. The van der Waals surface area contributed by atoms with Gasteiger partial charge in [-0.3, -0.25) is 9.59 Å². The van der Waals surface area contributed by atoms with E-state index in [4.69, 9.17) is 4.74 Å². The third-order valence-electron chi connectivity index (χ3n) is 4.36. The van der Waals surface area contributed by atoms with Gasteiger partial charge in [0.1, 0.15) is 5.75 Å². The number of rotatable bonds is 5. The summed E-state index contributed by atoms with van der Waals surface area (Å²) in [4.78, 5) is 23.9. The van der Waals surface area contributed by atoms with E-state index in [-0.39, 0.29) is 18.4 Å². The van der Waals surface area contributed by atoms with E-state index in [9.17, 15) is 9.59 Å². The summed E-state index contributed by atoms with van der Waals surface area (Å²) in [6.07, 6.45) is 0. The molecule has 4 rings (SSSR count). The number of hydrogen-bond donors (Lipinski definition) is 3. The molecule has 0 spiro atoms. The SMILES string of the molecule is O=C1COc2ccc(C(=O)Nc3ccc(CNc4ccccc4)cc3)cc2N1. The van der Waals surface area contributed by atoms with E-state index < -0.39 is 0 Å². The largest absolute Gasteiger partial charge is 0.482 e. The molecule has 0 aliphatic carbocycles. The minimum absolute atomic E-state index is 0.00990. The fraction of sp³-hybridized carbons (Fsp3) is 0.0909. The van der Waals surface area contributed by atoms with Gasteiger partial charge in [0, 0.05) is 23.5 Å². The lowest BCUT2D eigenvalue weighted by molar-refractivity contribution is -0.118. The maximum atomic E-state index is 12.5. The highest BCUT2D eigenvalue weighted by molar-refractivity contribution is 6.06. The van der Waals surface area contributed by atoms with E-state index in [0.29, 0.717) is 29.2 Å². The van der Waals surface area contributed by atoms with Gasteiger partial charge in [-0.25, -0.2) is 0 Å². The molecule has 0 aromatic heterocycles. The summed E-state index contributed by atoms with van der Waals surface area (Å²) in [6.45, 7) is 0.687. The van der Waals surface area contributed by atoms with Gasteiger partial charge in [-0.1, -0.05) is 30.3 Å². The Morgan fingerprint density at radius 1 is 0.964 bits per heavy atom. The molecule has 6 heteroatoms. The van der Waals surface area contributed by atoms with E-state index in [1.54, 1.807) is 18.2 Å². The van der Waals surface area contributed by atoms with Gasteiger partial charge in [-0.15, -0.1) is 0 Å². The number of para-hydroxylation sites is 1. The van der Waals surface area contributed by atoms with E-state index in [1.807, 2.05) is 54.6 Å². The molecule has 2 amide bonds. The van der Waals surface area contributed by atoms with Crippen molar-refractivity contribution in [3.05, 3.63) is 83.9 Å². The van der Waals surface area contributed by atoms with Crippen molar-refractivity contribution >= 4 is 28.9 Å². The van der Waals surface area contributed by atoms with Crippen molar-refractivity contribution in [2.45, 2.75) is 6.54 Å². The zero-order valence-corrected chi connectivity index (χ0v) is 15.1. The van der Waals surface area contributed by atoms with E-state index in [1.165, 1.54) is 0 Å². The Hall–Kier alpha value is -3.80. The van der Waals surface area contributed by atoms with E-state index in [0.717, 1.165) is 11.3 Å². The zero-order valence-electron chi connectivity index (χ0n) is 15.1. The van der Waals surface area contributed by atoms with Crippen molar-refractivity contribution in [3.8, 4) is 5.75 Å². The van der Waals surface area contributed by atoms with Crippen LogP contribution >= 0.6 is 0 Å². The summed E-state index contributed by atoms with van der Waals surface area (Å²) in [5.41, 5.74) is 3.82. The van der Waals surface area contributed by atoms with E-state index in [2.05, 4.69) is 16.0 Å². The number of fused-ring (bicyclic) bond motifs is 1. The number of ether oxygens (including phenoxy) is 1. The molecule has 6 nitrogen and oxygen atoms in total. The molecule has 0 saturated carbocycles. The second-order valence-electron chi connectivity index (χ2n) is 6.42. The Morgan fingerprint density at radius 2 is 1.75 bits per heavy atom. The van der Waals surface area contributed by atoms with Gasteiger partial charge >= 0.3 is 0 Å². The molecule has 0 saturated heterocycles. The molecule has 0 bridgehead atoms. The maximum Gasteiger partial charge on any atom is 0.262 e. The van der Waals surface area contributed by atoms with Crippen LogP contribution in [-0.4, -0.2) is 18.4 Å². The fourth-order valence-corrected chi connectivity index (χ4v) is 2.89. The van der Waals surface area contributed by atoms with Gasteiger partial charge in [0.05, 0.1) is 5.69 Å². The standard InChI is InChI=1S/C22H19N3O3/c26-21-14-28-20-11-8-16(12-19(20)25-21)22(27)24-18-9-6-15(7-10-18)13-23-17-4-2-1-3-5-17/h1-12,23H,13-14H2,(H,24,27)(H,25,26). The Bertz CT molecular complexity index is 1000. The number of nitrogens with one attached hydrogen (secondary N) is 3. The summed E-state index contributed by atoms with van der Waals surface area (Å²) in [6, 6.07) is 22.6. The number of hydrogen-bond acceptors (Lipinski definition) is 4. The predicted molar refractivity (Wildman–Crippen MR) is 109 cm³/mol. The molecule has 3 aromatic carbocycles. The second kappa shape index (κ2) is 7.84. The van der Waals surface area contributed by atoms with Gasteiger partial charge in [0.2, 0.25) is 0 Å². The molecule has 28 heavy (non-hydrogen) atoms. The second-order valence-corrected chi connectivity index (χ2v) is 6.42. The highest BCUT2D eigenvalue weighted by Crippen LogP contribution is 2.28. The quantitative estimate of drug-likeness (QED) is 0.634. The zero-order chi connectivity index (χ0) is 19.3. The van der Waals surface area contributed by atoms with Crippen LogP contribution in [0, 0.1) is 0 Å². The summed E-state index contributed by atoms with van der Waals surface area (Å²) >= 11 is 0. The summed E-state index contributed by atoms with van der Waals surface area (Å²) in [5, 5.41) is 8.91. The van der Waals surface area contributed by atoms with Gasteiger partial charge in [0.25, 0.3) is 11.8 Å². The molecule has 0 atom stereocenters. The van der Waals surface area contributed by atoms with Crippen LogP contribution in [0.4, 0.5) is 17.1 Å². The van der Waals surface area contributed by atoms with Crippen LogP contribution in [0.25, 0.3) is 0 Å². The lowest BCUT2D eigenvalue weighted by Crippen LogP contribution is -2.25. The number of carbonyl (C=O) groups is 2. The summed E-state index contributed by atoms with van der Waals surface area (Å²) < 4.78 is 5.31. The monoisotopic (exact) mass is 373 g/mol. The van der Waals surface area contributed by atoms with Gasteiger partial charge in [-0.05, 0) is 48.0 Å². The average Bonchev–Trinajstić information content (AvgIpc) is 2.73. The first kappa shape index (κ1) is 17.6. The van der Waals surface area contributed by atoms with Crippen molar-refractivity contribution in [1.29, 1.82) is 0 Å². The lowest BCUT2D eigenvalue weighted by Gasteiger charge is -2.18. The average molecular weight is 373 g/mol. The highest BCUT2D eigenvalue weighted by atomic mass is 16.5. The van der Waals surface area contributed by atoms with Gasteiger partial charge in [-0.2, -0.15) is 0 Å². The van der Waals surface area contributed by atoms with Crippen LogP contribution in [0.1, 0.15) is 15.9 Å².